The summed E-state index contributed by atoms with van der Waals surface area (Å²) in [6, 6.07) is 12.5. The molecule has 0 saturated carbocycles. The van der Waals surface area contributed by atoms with Gasteiger partial charge in [-0.25, -0.2) is 4.79 Å². The van der Waals surface area contributed by atoms with E-state index in [9.17, 15) is 9.59 Å². The van der Waals surface area contributed by atoms with Crippen molar-refractivity contribution in [2.75, 3.05) is 25.1 Å². The van der Waals surface area contributed by atoms with Gasteiger partial charge in [0.25, 0.3) is 5.91 Å². The van der Waals surface area contributed by atoms with Gasteiger partial charge < -0.3 is 19.5 Å². The van der Waals surface area contributed by atoms with E-state index in [1.54, 1.807) is 42.5 Å². The number of hydrogen-bond donors (Lipinski definition) is 2. The highest BCUT2D eigenvalue weighted by molar-refractivity contribution is 6.01. The molecular formula is C20H21N3O5. The lowest BCUT2D eigenvalue weighted by molar-refractivity contribution is -0.121. The molecule has 0 aliphatic carbocycles. The van der Waals surface area contributed by atoms with Gasteiger partial charge in [-0.05, 0) is 50.2 Å². The number of nitriles is 1. The van der Waals surface area contributed by atoms with Gasteiger partial charge in [-0.3, -0.25) is 10.1 Å². The Morgan fingerprint density at radius 3 is 2.29 bits per heavy atom. The summed E-state index contributed by atoms with van der Waals surface area (Å²) in [5.74, 6) is 0.875. The van der Waals surface area contributed by atoms with Crippen LogP contribution >= 0.6 is 0 Å². The summed E-state index contributed by atoms with van der Waals surface area (Å²) < 4.78 is 16.2. The van der Waals surface area contributed by atoms with E-state index in [1.165, 1.54) is 0 Å². The molecule has 0 heterocycles. The van der Waals surface area contributed by atoms with Crippen molar-refractivity contribution in [3.05, 3.63) is 48.0 Å². The summed E-state index contributed by atoms with van der Waals surface area (Å²) in [4.78, 5) is 23.8. The van der Waals surface area contributed by atoms with E-state index in [0.29, 0.717) is 41.7 Å². The molecule has 0 radical (unpaired) electrons. The van der Waals surface area contributed by atoms with Gasteiger partial charge in [-0.1, -0.05) is 0 Å². The minimum absolute atomic E-state index is 0.340. The number of imide groups is 1. The van der Waals surface area contributed by atoms with Crippen LogP contribution in [-0.4, -0.2) is 31.8 Å². The minimum atomic E-state index is -0.694. The smallest absolute Gasteiger partial charge is 0.325 e. The molecule has 0 unspecified atom stereocenters. The largest absolute Gasteiger partial charge is 0.490 e. The summed E-state index contributed by atoms with van der Waals surface area (Å²) in [5.41, 5.74) is 0.933. The number of carbonyl (C=O) groups excluding carboxylic acids is 2. The summed E-state index contributed by atoms with van der Waals surface area (Å²) in [7, 11) is 0. The molecule has 0 fully saturated rings. The first-order chi connectivity index (χ1) is 13.5. The van der Waals surface area contributed by atoms with Crippen molar-refractivity contribution in [1.82, 2.24) is 5.32 Å². The molecule has 0 aliphatic heterocycles. The molecule has 3 amide bonds. The molecule has 2 aromatic rings. The Balaban J connectivity index is 1.87. The van der Waals surface area contributed by atoms with Gasteiger partial charge in [-0.15, -0.1) is 0 Å². The van der Waals surface area contributed by atoms with Gasteiger partial charge in [0.1, 0.15) is 5.75 Å². The van der Waals surface area contributed by atoms with Gasteiger partial charge in [0.2, 0.25) is 0 Å². The van der Waals surface area contributed by atoms with Gasteiger partial charge in [-0.2, -0.15) is 5.26 Å². The first-order valence-corrected chi connectivity index (χ1v) is 8.69. The molecular weight excluding hydrogens is 362 g/mol. The molecule has 0 bridgehead atoms. The zero-order valence-corrected chi connectivity index (χ0v) is 15.7. The van der Waals surface area contributed by atoms with Gasteiger partial charge in [0, 0.05) is 11.8 Å². The zero-order valence-electron chi connectivity index (χ0n) is 15.7. The fraction of sp³-hybridized carbons (Fsp3) is 0.250. The topological polar surface area (TPSA) is 110 Å². The van der Waals surface area contributed by atoms with Crippen molar-refractivity contribution >= 4 is 17.6 Å². The van der Waals surface area contributed by atoms with Crippen LogP contribution in [0.5, 0.6) is 17.2 Å². The van der Waals surface area contributed by atoms with Crippen molar-refractivity contribution in [2.45, 2.75) is 13.8 Å². The van der Waals surface area contributed by atoms with E-state index < -0.39 is 11.9 Å². The second-order valence-corrected chi connectivity index (χ2v) is 5.45. The van der Waals surface area contributed by atoms with Crippen molar-refractivity contribution in [3.63, 3.8) is 0 Å². The number of rotatable bonds is 8. The van der Waals surface area contributed by atoms with Crippen molar-refractivity contribution in [2.24, 2.45) is 0 Å². The molecule has 2 rings (SSSR count). The van der Waals surface area contributed by atoms with Gasteiger partial charge in [0.15, 0.2) is 18.1 Å². The Bertz CT molecular complexity index is 859. The quantitative estimate of drug-likeness (QED) is 0.725. The number of amides is 3. The number of benzene rings is 2. The summed E-state index contributed by atoms with van der Waals surface area (Å²) >= 11 is 0. The molecule has 0 atom stereocenters. The second kappa shape index (κ2) is 10.4. The highest BCUT2D eigenvalue weighted by Gasteiger charge is 2.11. The number of ether oxygens (including phenoxy) is 3. The van der Waals surface area contributed by atoms with E-state index in [1.807, 2.05) is 19.9 Å². The first-order valence-electron chi connectivity index (χ1n) is 8.69. The highest BCUT2D eigenvalue weighted by atomic mass is 16.5. The van der Waals surface area contributed by atoms with E-state index in [0.717, 1.165) is 0 Å². The number of carbonyl (C=O) groups is 2. The third-order valence-corrected chi connectivity index (χ3v) is 3.41. The van der Waals surface area contributed by atoms with Crippen LogP contribution in [0, 0.1) is 11.3 Å². The molecule has 8 nitrogen and oxygen atoms in total. The molecule has 0 aliphatic rings. The van der Waals surface area contributed by atoms with Crippen LogP contribution in [0.3, 0.4) is 0 Å². The number of nitrogens with one attached hydrogen (secondary N) is 2. The van der Waals surface area contributed by atoms with Crippen molar-refractivity contribution < 1.29 is 23.8 Å². The average Bonchev–Trinajstić information content (AvgIpc) is 2.69. The van der Waals surface area contributed by atoms with E-state index >= 15 is 0 Å². The fourth-order valence-electron chi connectivity index (χ4n) is 2.23. The summed E-state index contributed by atoms with van der Waals surface area (Å²) in [6.07, 6.45) is 0. The van der Waals surface area contributed by atoms with Crippen LogP contribution in [0.25, 0.3) is 0 Å². The average molecular weight is 383 g/mol. The highest BCUT2D eigenvalue weighted by Crippen LogP contribution is 2.30. The van der Waals surface area contributed by atoms with E-state index in [4.69, 9.17) is 19.5 Å². The number of urea groups is 1. The maximum atomic E-state index is 12.0. The van der Waals surface area contributed by atoms with Crippen LogP contribution in [0.4, 0.5) is 10.5 Å². The summed E-state index contributed by atoms with van der Waals surface area (Å²) in [5, 5.41) is 13.5. The molecule has 8 heteroatoms. The SMILES string of the molecule is CCOc1ccc(NC(=O)NC(=O)COc2ccc(C#N)cc2)cc1OCC. The molecule has 2 N–H and O–H groups in total. The second-order valence-electron chi connectivity index (χ2n) is 5.45. The normalized spacial score (nSPS) is 9.75. The third-order valence-electron chi connectivity index (χ3n) is 3.41. The van der Waals surface area contributed by atoms with Gasteiger partial charge >= 0.3 is 6.03 Å². The maximum Gasteiger partial charge on any atom is 0.325 e. The maximum absolute atomic E-state index is 12.0. The van der Waals surface area contributed by atoms with Crippen LogP contribution in [0.15, 0.2) is 42.5 Å². The number of nitrogens with zero attached hydrogens (tertiary/aromatic N) is 1. The van der Waals surface area contributed by atoms with Crippen molar-refractivity contribution in [1.29, 1.82) is 5.26 Å². The predicted molar refractivity (Wildman–Crippen MR) is 103 cm³/mol. The fourth-order valence-corrected chi connectivity index (χ4v) is 2.23. The van der Waals surface area contributed by atoms with E-state index in [-0.39, 0.29) is 6.61 Å². The lowest BCUT2D eigenvalue weighted by Crippen LogP contribution is -2.37. The minimum Gasteiger partial charge on any atom is -0.490 e. The van der Waals surface area contributed by atoms with Crippen molar-refractivity contribution in [3.8, 4) is 23.3 Å². The Hall–Kier alpha value is -3.73. The molecule has 0 saturated heterocycles. The molecule has 146 valence electrons. The molecule has 0 spiro atoms. The number of hydrogen-bond acceptors (Lipinski definition) is 6. The van der Waals surface area contributed by atoms with Crippen LogP contribution in [0.2, 0.25) is 0 Å². The van der Waals surface area contributed by atoms with Gasteiger partial charge in [0.05, 0.1) is 24.8 Å². The molecule has 2 aromatic carbocycles. The van der Waals surface area contributed by atoms with E-state index in [2.05, 4.69) is 10.6 Å². The molecule has 0 aromatic heterocycles. The Morgan fingerprint density at radius 2 is 1.64 bits per heavy atom. The van der Waals surface area contributed by atoms with Crippen LogP contribution in [0.1, 0.15) is 19.4 Å². The third kappa shape index (κ3) is 6.21. The number of anilines is 1. The van der Waals surface area contributed by atoms with Crippen LogP contribution < -0.4 is 24.8 Å². The predicted octanol–water partition coefficient (Wildman–Crippen LogP) is 3.08. The lowest BCUT2D eigenvalue weighted by Gasteiger charge is -2.13. The standard InChI is InChI=1S/C20H21N3O5/c1-3-26-17-10-7-15(11-18(17)27-4-2)22-20(25)23-19(24)13-28-16-8-5-14(12-21)6-9-16/h5-11H,3-4,13H2,1-2H3,(H2,22,23,24,25). The lowest BCUT2D eigenvalue weighted by atomic mass is 10.2. The summed E-state index contributed by atoms with van der Waals surface area (Å²) in [6.45, 7) is 4.30. The Labute approximate surface area is 163 Å². The zero-order chi connectivity index (χ0) is 20.4. The Kier molecular flexibility index (Phi) is 7.66. The first kappa shape index (κ1) is 20.6. The van der Waals surface area contributed by atoms with Crippen LogP contribution in [-0.2, 0) is 4.79 Å². The molecule has 28 heavy (non-hydrogen) atoms. The Morgan fingerprint density at radius 1 is 0.964 bits per heavy atom. The monoisotopic (exact) mass is 383 g/mol.